The lowest BCUT2D eigenvalue weighted by Gasteiger charge is -2.00. The Morgan fingerprint density at radius 2 is 2.33 bits per heavy atom. The molecule has 15 heavy (non-hydrogen) atoms. The van der Waals surface area contributed by atoms with E-state index in [4.69, 9.17) is 9.15 Å². The lowest BCUT2D eigenvalue weighted by atomic mass is 10.2. The summed E-state index contributed by atoms with van der Waals surface area (Å²) in [5.41, 5.74) is 1.07. The number of aromatic nitrogens is 1. The van der Waals surface area contributed by atoms with Crippen LogP contribution in [0.3, 0.4) is 0 Å². The van der Waals surface area contributed by atoms with E-state index >= 15 is 0 Å². The average Bonchev–Trinajstić information content (AvgIpc) is 2.78. The summed E-state index contributed by atoms with van der Waals surface area (Å²) in [6, 6.07) is 7.29. The lowest BCUT2D eigenvalue weighted by Crippen LogP contribution is -1.84. The molecular weight excluding hydrogens is 194 g/mol. The highest BCUT2D eigenvalue weighted by atomic mass is 16.5. The van der Waals surface area contributed by atoms with E-state index in [1.54, 1.807) is 13.2 Å². The maximum Gasteiger partial charge on any atom is 0.226 e. The summed E-state index contributed by atoms with van der Waals surface area (Å²) < 4.78 is 10.2. The van der Waals surface area contributed by atoms with Gasteiger partial charge in [-0.25, -0.2) is 4.98 Å². The first-order valence-electron chi connectivity index (χ1n) is 4.38. The molecule has 0 saturated heterocycles. The number of aldehydes is 1. The van der Waals surface area contributed by atoms with Gasteiger partial charge < -0.3 is 9.15 Å². The van der Waals surface area contributed by atoms with Crippen LogP contribution < -0.4 is 4.74 Å². The van der Waals surface area contributed by atoms with E-state index in [2.05, 4.69) is 4.98 Å². The zero-order chi connectivity index (χ0) is 10.7. The van der Waals surface area contributed by atoms with Gasteiger partial charge in [-0.3, -0.25) is 4.79 Å². The molecule has 4 nitrogen and oxygen atoms in total. The van der Waals surface area contributed by atoms with Crippen molar-refractivity contribution < 1.29 is 13.9 Å². The zero-order valence-corrected chi connectivity index (χ0v) is 8.14. The summed E-state index contributed by atoms with van der Waals surface area (Å²) in [4.78, 5) is 14.4. The number of oxazole rings is 1. The molecule has 2 rings (SSSR count). The molecule has 0 amide bonds. The second-order valence-electron chi connectivity index (χ2n) is 2.93. The first-order valence-corrected chi connectivity index (χ1v) is 4.38. The molecule has 0 atom stereocenters. The van der Waals surface area contributed by atoms with E-state index in [9.17, 15) is 4.79 Å². The van der Waals surface area contributed by atoms with Crippen LogP contribution in [0, 0.1) is 0 Å². The van der Waals surface area contributed by atoms with Gasteiger partial charge in [-0.15, -0.1) is 0 Å². The van der Waals surface area contributed by atoms with Gasteiger partial charge in [0.15, 0.2) is 6.29 Å². The number of hydrogen-bond acceptors (Lipinski definition) is 4. The fourth-order valence-electron chi connectivity index (χ4n) is 1.23. The minimum absolute atomic E-state index is 0.285. The monoisotopic (exact) mass is 203 g/mol. The normalized spacial score (nSPS) is 9.93. The summed E-state index contributed by atoms with van der Waals surface area (Å²) in [5, 5.41) is 0. The quantitative estimate of drug-likeness (QED) is 0.717. The van der Waals surface area contributed by atoms with Crippen molar-refractivity contribution in [3.63, 3.8) is 0 Å². The topological polar surface area (TPSA) is 52.3 Å². The molecule has 1 aromatic heterocycles. The molecule has 76 valence electrons. The molecule has 0 bridgehead atoms. The van der Waals surface area contributed by atoms with Gasteiger partial charge in [0.2, 0.25) is 5.89 Å². The Labute approximate surface area is 86.5 Å². The highest BCUT2D eigenvalue weighted by Gasteiger charge is 2.06. The van der Waals surface area contributed by atoms with Crippen molar-refractivity contribution in [2.24, 2.45) is 0 Å². The number of nitrogens with zero attached hydrogens (tertiary/aromatic N) is 1. The van der Waals surface area contributed by atoms with E-state index in [1.165, 1.54) is 6.26 Å². The summed E-state index contributed by atoms with van der Waals surface area (Å²) >= 11 is 0. The van der Waals surface area contributed by atoms with Crippen molar-refractivity contribution >= 4 is 6.29 Å². The summed E-state index contributed by atoms with van der Waals surface area (Å²) in [6.07, 6.45) is 1.97. The van der Waals surface area contributed by atoms with Crippen LogP contribution in [-0.2, 0) is 0 Å². The van der Waals surface area contributed by atoms with Crippen LogP contribution in [0.2, 0.25) is 0 Å². The smallest absolute Gasteiger partial charge is 0.226 e. The third kappa shape index (κ3) is 1.88. The Kier molecular flexibility index (Phi) is 2.49. The van der Waals surface area contributed by atoms with Crippen molar-refractivity contribution in [2.45, 2.75) is 0 Å². The van der Waals surface area contributed by atoms with E-state index < -0.39 is 0 Å². The van der Waals surface area contributed by atoms with Crippen LogP contribution in [0.15, 0.2) is 34.9 Å². The van der Waals surface area contributed by atoms with Crippen LogP contribution in [0.5, 0.6) is 5.75 Å². The number of hydrogen-bond donors (Lipinski definition) is 0. The number of carbonyl (C=O) groups is 1. The van der Waals surface area contributed by atoms with Crippen LogP contribution in [0.4, 0.5) is 0 Å². The van der Waals surface area contributed by atoms with Crippen LogP contribution in [-0.4, -0.2) is 18.4 Å². The molecule has 1 aromatic carbocycles. The van der Waals surface area contributed by atoms with Gasteiger partial charge in [-0.2, -0.15) is 0 Å². The predicted molar refractivity (Wildman–Crippen MR) is 53.9 cm³/mol. The first kappa shape index (κ1) is 9.45. The standard InChI is InChI=1S/C11H9NO3/c1-14-10-4-2-3-8(5-10)11-12-9(6-13)7-15-11/h2-7H,1H3. The fourth-order valence-corrected chi connectivity index (χ4v) is 1.23. The highest BCUT2D eigenvalue weighted by molar-refractivity contribution is 5.72. The Bertz CT molecular complexity index is 476. The van der Waals surface area contributed by atoms with Crippen molar-refractivity contribution in [1.82, 2.24) is 4.98 Å². The van der Waals surface area contributed by atoms with Gasteiger partial charge in [0.25, 0.3) is 0 Å². The Hall–Kier alpha value is -2.10. The molecule has 0 spiro atoms. The van der Waals surface area contributed by atoms with Crippen LogP contribution in [0.1, 0.15) is 10.5 Å². The second-order valence-corrected chi connectivity index (χ2v) is 2.93. The molecule has 0 aliphatic heterocycles. The molecule has 2 aromatic rings. The first-order chi connectivity index (χ1) is 7.33. The largest absolute Gasteiger partial charge is 0.497 e. The van der Waals surface area contributed by atoms with E-state index in [0.717, 1.165) is 11.3 Å². The van der Waals surface area contributed by atoms with Crippen LogP contribution >= 0.6 is 0 Å². The van der Waals surface area contributed by atoms with Gasteiger partial charge >= 0.3 is 0 Å². The molecule has 0 N–H and O–H groups in total. The number of methoxy groups -OCH3 is 1. The van der Waals surface area contributed by atoms with Gasteiger partial charge in [-0.1, -0.05) is 6.07 Å². The molecule has 0 aliphatic rings. The van der Waals surface area contributed by atoms with E-state index in [0.29, 0.717) is 12.2 Å². The number of ether oxygens (including phenoxy) is 1. The molecule has 0 radical (unpaired) electrons. The maximum absolute atomic E-state index is 10.4. The summed E-state index contributed by atoms with van der Waals surface area (Å²) in [6.45, 7) is 0. The van der Waals surface area contributed by atoms with E-state index in [-0.39, 0.29) is 5.69 Å². The molecule has 1 heterocycles. The van der Waals surface area contributed by atoms with Gasteiger partial charge in [0.1, 0.15) is 17.7 Å². The summed E-state index contributed by atoms with van der Waals surface area (Å²) in [7, 11) is 1.59. The van der Waals surface area contributed by atoms with Crippen LogP contribution in [0.25, 0.3) is 11.5 Å². The molecule has 0 aliphatic carbocycles. The molecule has 0 saturated carbocycles. The maximum atomic E-state index is 10.4. The third-order valence-electron chi connectivity index (χ3n) is 1.96. The number of benzene rings is 1. The minimum Gasteiger partial charge on any atom is -0.497 e. The summed E-state index contributed by atoms with van der Waals surface area (Å²) in [5.74, 6) is 1.13. The zero-order valence-electron chi connectivity index (χ0n) is 8.14. The lowest BCUT2D eigenvalue weighted by molar-refractivity contribution is 0.111. The van der Waals surface area contributed by atoms with Gasteiger partial charge in [0, 0.05) is 5.56 Å². The third-order valence-corrected chi connectivity index (χ3v) is 1.96. The number of carbonyl (C=O) groups excluding carboxylic acids is 1. The molecule has 0 unspecified atom stereocenters. The highest BCUT2D eigenvalue weighted by Crippen LogP contribution is 2.22. The Balaban J connectivity index is 2.39. The SMILES string of the molecule is COc1cccc(-c2nc(C=O)co2)c1. The van der Waals surface area contributed by atoms with Crippen molar-refractivity contribution in [2.75, 3.05) is 7.11 Å². The molecule has 0 fully saturated rings. The van der Waals surface area contributed by atoms with Crippen molar-refractivity contribution in [3.8, 4) is 17.2 Å². The minimum atomic E-state index is 0.285. The second kappa shape index (κ2) is 3.96. The predicted octanol–water partition coefficient (Wildman–Crippen LogP) is 2.16. The fraction of sp³-hybridized carbons (Fsp3) is 0.0909. The Morgan fingerprint density at radius 3 is 3.00 bits per heavy atom. The molecule has 4 heteroatoms. The van der Waals surface area contributed by atoms with Crippen molar-refractivity contribution in [3.05, 3.63) is 36.2 Å². The molecular formula is C11H9NO3. The van der Waals surface area contributed by atoms with Gasteiger partial charge in [-0.05, 0) is 18.2 Å². The van der Waals surface area contributed by atoms with Crippen molar-refractivity contribution in [1.29, 1.82) is 0 Å². The van der Waals surface area contributed by atoms with Gasteiger partial charge in [0.05, 0.1) is 7.11 Å². The Morgan fingerprint density at radius 1 is 1.47 bits per heavy atom. The van der Waals surface area contributed by atoms with E-state index in [1.807, 2.05) is 18.2 Å². The number of rotatable bonds is 3. The average molecular weight is 203 g/mol.